The van der Waals surface area contributed by atoms with Crippen molar-refractivity contribution < 1.29 is 13.9 Å². The molecule has 10 heteroatoms. The number of pyridine rings is 1. The first-order valence-corrected chi connectivity index (χ1v) is 8.49. The van der Waals surface area contributed by atoms with Gasteiger partial charge in [-0.25, -0.2) is 4.39 Å². The van der Waals surface area contributed by atoms with Crippen molar-refractivity contribution in [2.45, 2.75) is 19.7 Å². The second-order valence-electron chi connectivity index (χ2n) is 5.99. The number of hydrogen-bond donors (Lipinski definition) is 2. The van der Waals surface area contributed by atoms with Gasteiger partial charge < -0.3 is 20.1 Å². The molecule has 28 heavy (non-hydrogen) atoms. The van der Waals surface area contributed by atoms with E-state index in [0.29, 0.717) is 42.5 Å². The van der Waals surface area contributed by atoms with Crippen LogP contribution >= 0.6 is 24.0 Å². The molecule has 1 aliphatic heterocycles. The molecule has 0 unspecified atom stereocenters. The molecular weight excluding hydrogens is 478 g/mol. The van der Waals surface area contributed by atoms with Gasteiger partial charge in [-0.15, -0.1) is 34.2 Å². The number of hydrogen-bond acceptors (Lipinski definition) is 5. The summed E-state index contributed by atoms with van der Waals surface area (Å²) in [5, 5.41) is 14.6. The molecule has 0 atom stereocenters. The van der Waals surface area contributed by atoms with Crippen LogP contribution in [0.25, 0.3) is 5.65 Å². The van der Waals surface area contributed by atoms with Crippen LogP contribution in [0.3, 0.4) is 0 Å². The van der Waals surface area contributed by atoms with Crippen LogP contribution in [0, 0.1) is 5.82 Å². The molecular formula is C18H20FIN6O2. The molecule has 0 bridgehead atoms. The Hall–Kier alpha value is -2.47. The number of nitrogens with one attached hydrogen (secondary N) is 2. The molecule has 0 spiro atoms. The summed E-state index contributed by atoms with van der Waals surface area (Å²) in [6.07, 6.45) is 1.90. The highest BCUT2D eigenvalue weighted by molar-refractivity contribution is 14.0. The SMILES string of the molecule is CN=C(NCc1cc(F)cc2c1OCOC2)NCc1nnc2ccccn12.I. The number of fused-ring (bicyclic) bond motifs is 2. The lowest BCUT2D eigenvalue weighted by molar-refractivity contribution is -0.0172. The van der Waals surface area contributed by atoms with Gasteiger partial charge in [0.25, 0.3) is 0 Å². The van der Waals surface area contributed by atoms with Crippen molar-refractivity contribution in [3.05, 3.63) is 59.3 Å². The van der Waals surface area contributed by atoms with E-state index < -0.39 is 0 Å². The maximum atomic E-state index is 13.8. The summed E-state index contributed by atoms with van der Waals surface area (Å²) >= 11 is 0. The average molecular weight is 498 g/mol. The van der Waals surface area contributed by atoms with E-state index in [2.05, 4.69) is 25.8 Å². The Balaban J connectivity index is 0.00000225. The van der Waals surface area contributed by atoms with Gasteiger partial charge in [-0.3, -0.25) is 9.39 Å². The predicted molar refractivity (Wildman–Crippen MR) is 112 cm³/mol. The lowest BCUT2D eigenvalue weighted by Crippen LogP contribution is -2.37. The van der Waals surface area contributed by atoms with E-state index in [1.54, 1.807) is 7.05 Å². The zero-order valence-corrected chi connectivity index (χ0v) is 17.5. The molecule has 148 valence electrons. The first-order valence-electron chi connectivity index (χ1n) is 8.49. The Labute approximate surface area is 178 Å². The van der Waals surface area contributed by atoms with Crippen molar-refractivity contribution in [2.24, 2.45) is 4.99 Å². The zero-order valence-electron chi connectivity index (χ0n) is 15.2. The summed E-state index contributed by atoms with van der Waals surface area (Å²) in [5.74, 6) is 1.66. The number of guanidine groups is 1. The van der Waals surface area contributed by atoms with Gasteiger partial charge in [-0.05, 0) is 24.3 Å². The van der Waals surface area contributed by atoms with Crippen molar-refractivity contribution in [2.75, 3.05) is 13.8 Å². The average Bonchev–Trinajstić information content (AvgIpc) is 3.11. The molecule has 0 radical (unpaired) electrons. The second-order valence-corrected chi connectivity index (χ2v) is 5.99. The standard InChI is InChI=1S/C18H19FN6O2.HI/c1-20-18(22-9-16-24-23-15-4-2-3-5-25(15)16)21-8-12-6-14(19)7-13-10-26-11-27-17(12)13;/h2-7H,8-11H2,1H3,(H2,20,21,22);1H. The highest BCUT2D eigenvalue weighted by Crippen LogP contribution is 2.29. The van der Waals surface area contributed by atoms with Gasteiger partial charge in [0.2, 0.25) is 0 Å². The van der Waals surface area contributed by atoms with Gasteiger partial charge in [-0.2, -0.15) is 0 Å². The van der Waals surface area contributed by atoms with Gasteiger partial charge in [0, 0.05) is 30.9 Å². The highest BCUT2D eigenvalue weighted by Gasteiger charge is 2.17. The Morgan fingerprint density at radius 1 is 1.25 bits per heavy atom. The number of nitrogens with zero attached hydrogens (tertiary/aromatic N) is 4. The van der Waals surface area contributed by atoms with Gasteiger partial charge >= 0.3 is 0 Å². The lowest BCUT2D eigenvalue weighted by Gasteiger charge is -2.21. The maximum absolute atomic E-state index is 13.8. The molecule has 4 rings (SSSR count). The van der Waals surface area contributed by atoms with Gasteiger partial charge in [0.1, 0.15) is 11.6 Å². The van der Waals surface area contributed by atoms with Crippen LogP contribution in [0.4, 0.5) is 4.39 Å². The fourth-order valence-electron chi connectivity index (χ4n) is 2.96. The molecule has 0 aliphatic carbocycles. The predicted octanol–water partition coefficient (Wildman–Crippen LogP) is 2.22. The number of benzene rings is 1. The summed E-state index contributed by atoms with van der Waals surface area (Å²) in [5.41, 5.74) is 2.20. The van der Waals surface area contributed by atoms with Crippen LogP contribution in [-0.4, -0.2) is 34.4 Å². The Morgan fingerprint density at radius 2 is 2.11 bits per heavy atom. The van der Waals surface area contributed by atoms with E-state index in [9.17, 15) is 4.39 Å². The summed E-state index contributed by atoms with van der Waals surface area (Å²) in [7, 11) is 1.67. The molecule has 0 saturated carbocycles. The first-order chi connectivity index (χ1) is 13.2. The molecule has 2 aromatic heterocycles. The van der Waals surface area contributed by atoms with Crippen LogP contribution in [0.5, 0.6) is 5.75 Å². The molecule has 1 aliphatic rings. The fourth-order valence-corrected chi connectivity index (χ4v) is 2.96. The van der Waals surface area contributed by atoms with Gasteiger partial charge in [0.15, 0.2) is 24.2 Å². The fraction of sp³-hybridized carbons (Fsp3) is 0.278. The van der Waals surface area contributed by atoms with Crippen molar-refractivity contribution in [1.82, 2.24) is 25.2 Å². The number of halogens is 2. The molecule has 3 aromatic rings. The summed E-state index contributed by atoms with van der Waals surface area (Å²) in [4.78, 5) is 4.19. The van der Waals surface area contributed by atoms with Crippen molar-refractivity contribution >= 4 is 35.6 Å². The molecule has 0 amide bonds. The number of ether oxygens (including phenoxy) is 2. The third-order valence-electron chi connectivity index (χ3n) is 4.22. The van der Waals surface area contributed by atoms with E-state index >= 15 is 0 Å². The van der Waals surface area contributed by atoms with E-state index in [-0.39, 0.29) is 36.6 Å². The Kier molecular flexibility index (Phi) is 6.62. The summed E-state index contributed by atoms with van der Waals surface area (Å²) in [6.45, 7) is 1.31. The number of aliphatic imine (C=N–C) groups is 1. The molecule has 3 heterocycles. The van der Waals surface area contributed by atoms with Crippen molar-refractivity contribution in [3.63, 3.8) is 0 Å². The van der Waals surface area contributed by atoms with E-state index in [0.717, 1.165) is 11.5 Å². The van der Waals surface area contributed by atoms with E-state index in [1.165, 1.54) is 12.1 Å². The number of aromatic nitrogens is 3. The summed E-state index contributed by atoms with van der Waals surface area (Å²) < 4.78 is 26.5. The van der Waals surface area contributed by atoms with Crippen LogP contribution < -0.4 is 15.4 Å². The molecule has 0 fully saturated rings. The van der Waals surface area contributed by atoms with Gasteiger partial charge in [0.05, 0.1) is 13.2 Å². The maximum Gasteiger partial charge on any atom is 0.191 e. The topological polar surface area (TPSA) is 85.1 Å². The van der Waals surface area contributed by atoms with Crippen LogP contribution in [0.1, 0.15) is 17.0 Å². The number of rotatable bonds is 4. The normalized spacial score (nSPS) is 13.4. The largest absolute Gasteiger partial charge is 0.467 e. The van der Waals surface area contributed by atoms with Gasteiger partial charge in [-0.1, -0.05) is 6.07 Å². The Morgan fingerprint density at radius 3 is 2.96 bits per heavy atom. The minimum absolute atomic E-state index is 0. The van der Waals surface area contributed by atoms with Crippen molar-refractivity contribution in [1.29, 1.82) is 0 Å². The monoisotopic (exact) mass is 498 g/mol. The molecule has 1 aromatic carbocycles. The minimum atomic E-state index is -0.322. The minimum Gasteiger partial charge on any atom is -0.467 e. The molecule has 0 saturated heterocycles. The lowest BCUT2D eigenvalue weighted by atomic mass is 10.1. The summed E-state index contributed by atoms with van der Waals surface area (Å²) in [6, 6.07) is 8.61. The molecule has 2 N–H and O–H groups in total. The van der Waals surface area contributed by atoms with Crippen LogP contribution in [0.2, 0.25) is 0 Å². The van der Waals surface area contributed by atoms with Crippen LogP contribution in [-0.2, 0) is 24.4 Å². The smallest absolute Gasteiger partial charge is 0.191 e. The van der Waals surface area contributed by atoms with Crippen LogP contribution in [0.15, 0.2) is 41.5 Å². The van der Waals surface area contributed by atoms with Crippen molar-refractivity contribution in [3.8, 4) is 5.75 Å². The van der Waals surface area contributed by atoms with E-state index in [4.69, 9.17) is 9.47 Å². The second kappa shape index (κ2) is 9.15. The zero-order chi connectivity index (χ0) is 18.6. The Bertz CT molecular complexity index is 993. The van der Waals surface area contributed by atoms with E-state index in [1.807, 2.05) is 28.8 Å². The highest BCUT2D eigenvalue weighted by atomic mass is 127. The third kappa shape index (κ3) is 4.33. The first kappa shape index (κ1) is 20.3. The quantitative estimate of drug-likeness (QED) is 0.326. The third-order valence-corrected chi connectivity index (χ3v) is 4.22. The molecule has 8 nitrogen and oxygen atoms in total.